The predicted molar refractivity (Wildman–Crippen MR) is 113 cm³/mol. The Labute approximate surface area is 185 Å². The van der Waals surface area contributed by atoms with Crippen LogP contribution in [0.3, 0.4) is 0 Å². The van der Waals surface area contributed by atoms with Crippen molar-refractivity contribution in [2.75, 3.05) is 39.3 Å². The molecule has 168 valence electrons. The molecule has 1 unspecified atom stereocenters. The molecule has 1 fully saturated rings. The zero-order chi connectivity index (χ0) is 22.7. The molecule has 2 aromatic rings. The Morgan fingerprint density at radius 3 is 2.69 bits per heavy atom. The Hall–Kier alpha value is -2.86. The average molecular weight is 441 g/mol. The molecule has 0 aromatic heterocycles. The quantitative estimate of drug-likeness (QED) is 0.771. The lowest BCUT2D eigenvalue weighted by atomic mass is 9.98. The zero-order valence-electron chi connectivity index (χ0n) is 17.7. The highest BCUT2D eigenvalue weighted by Crippen LogP contribution is 2.26. The minimum Gasteiger partial charge on any atom is -0.364 e. The van der Waals surface area contributed by atoms with Crippen molar-refractivity contribution in [3.8, 4) is 6.07 Å². The summed E-state index contributed by atoms with van der Waals surface area (Å²) in [7, 11) is 0. The Morgan fingerprint density at radius 2 is 1.94 bits per heavy atom. The lowest BCUT2D eigenvalue weighted by molar-refractivity contribution is -0.132. The van der Waals surface area contributed by atoms with Crippen molar-refractivity contribution in [1.29, 1.82) is 5.26 Å². The van der Waals surface area contributed by atoms with Gasteiger partial charge in [-0.25, -0.2) is 8.78 Å². The molecule has 2 aromatic carbocycles. The molecular formula is C24H25F2N3O3. The number of benzene rings is 2. The summed E-state index contributed by atoms with van der Waals surface area (Å²) in [5.74, 6) is -1.80. The van der Waals surface area contributed by atoms with Crippen LogP contribution in [0.25, 0.3) is 0 Å². The fourth-order valence-electron chi connectivity index (χ4n) is 4.23. The topological polar surface area (TPSA) is 76.8 Å². The Bertz CT molecular complexity index is 1050. The molecule has 0 radical (unpaired) electrons. The molecule has 0 bridgehead atoms. The number of fused-ring (bicyclic) bond motifs is 1. The molecule has 0 aliphatic carbocycles. The maximum atomic E-state index is 14.1. The molecule has 0 saturated carbocycles. The van der Waals surface area contributed by atoms with Crippen LogP contribution in [0.2, 0.25) is 0 Å². The highest BCUT2D eigenvalue weighted by molar-refractivity contribution is 5.79. The number of aliphatic hydroxyl groups is 1. The van der Waals surface area contributed by atoms with Crippen LogP contribution in [0.5, 0.6) is 0 Å². The van der Waals surface area contributed by atoms with Crippen molar-refractivity contribution in [1.82, 2.24) is 9.80 Å². The van der Waals surface area contributed by atoms with Crippen molar-refractivity contribution in [2.24, 2.45) is 0 Å². The molecule has 1 atom stereocenters. The van der Waals surface area contributed by atoms with Gasteiger partial charge >= 0.3 is 0 Å². The first-order valence-electron chi connectivity index (χ1n) is 10.7. The van der Waals surface area contributed by atoms with Gasteiger partial charge in [0, 0.05) is 43.9 Å². The first-order chi connectivity index (χ1) is 15.4. The highest BCUT2D eigenvalue weighted by atomic mass is 19.1. The SMILES string of the molecule is N#Cc1cc(F)c(CC(=O)N2CCN(CCc3ccc4c(c3)CCOC4O)CC2)cc1F. The fourth-order valence-corrected chi connectivity index (χ4v) is 4.23. The van der Waals surface area contributed by atoms with Crippen molar-refractivity contribution >= 4 is 5.91 Å². The van der Waals surface area contributed by atoms with Crippen LogP contribution in [0.1, 0.15) is 34.1 Å². The number of amides is 1. The molecule has 1 amide bonds. The van der Waals surface area contributed by atoms with Crippen LogP contribution in [-0.4, -0.2) is 60.1 Å². The second-order valence-corrected chi connectivity index (χ2v) is 8.19. The lowest BCUT2D eigenvalue weighted by Gasteiger charge is -2.35. The zero-order valence-corrected chi connectivity index (χ0v) is 17.7. The number of carbonyl (C=O) groups excluding carboxylic acids is 1. The number of carbonyl (C=O) groups is 1. The van der Waals surface area contributed by atoms with E-state index in [-0.39, 0.29) is 23.5 Å². The first kappa shape index (κ1) is 22.3. The maximum Gasteiger partial charge on any atom is 0.227 e. The smallest absolute Gasteiger partial charge is 0.227 e. The van der Waals surface area contributed by atoms with Gasteiger partial charge in [0.15, 0.2) is 6.29 Å². The minimum absolute atomic E-state index is 0.0307. The van der Waals surface area contributed by atoms with E-state index in [0.717, 1.165) is 42.6 Å². The molecule has 2 aliphatic heterocycles. The van der Waals surface area contributed by atoms with E-state index in [4.69, 9.17) is 10.00 Å². The lowest BCUT2D eigenvalue weighted by Crippen LogP contribution is -2.49. The predicted octanol–water partition coefficient (Wildman–Crippen LogP) is 2.33. The Kier molecular flexibility index (Phi) is 6.80. The summed E-state index contributed by atoms with van der Waals surface area (Å²) in [5, 5.41) is 18.7. The summed E-state index contributed by atoms with van der Waals surface area (Å²) in [6.45, 7) is 3.88. The number of ether oxygens (including phenoxy) is 1. The summed E-state index contributed by atoms with van der Waals surface area (Å²) in [6.07, 6.45) is 0.602. The molecule has 6 nitrogen and oxygen atoms in total. The van der Waals surface area contributed by atoms with E-state index in [0.29, 0.717) is 32.8 Å². The van der Waals surface area contributed by atoms with Gasteiger partial charge in [-0.1, -0.05) is 18.2 Å². The van der Waals surface area contributed by atoms with Crippen LogP contribution in [0.4, 0.5) is 8.78 Å². The third kappa shape index (κ3) is 4.96. The van der Waals surface area contributed by atoms with Crippen LogP contribution < -0.4 is 0 Å². The number of aliphatic hydroxyl groups excluding tert-OH is 1. The van der Waals surface area contributed by atoms with Crippen LogP contribution in [0, 0.1) is 23.0 Å². The number of nitriles is 1. The van der Waals surface area contributed by atoms with Gasteiger partial charge in [0.1, 0.15) is 17.7 Å². The first-order valence-corrected chi connectivity index (χ1v) is 10.7. The summed E-state index contributed by atoms with van der Waals surface area (Å²) < 4.78 is 33.1. The van der Waals surface area contributed by atoms with Crippen LogP contribution >= 0.6 is 0 Å². The van der Waals surface area contributed by atoms with Crippen LogP contribution in [0.15, 0.2) is 30.3 Å². The Balaban J connectivity index is 1.27. The van der Waals surface area contributed by atoms with Gasteiger partial charge in [-0.3, -0.25) is 9.69 Å². The number of piperazine rings is 1. The van der Waals surface area contributed by atoms with Gasteiger partial charge in [-0.05, 0) is 36.1 Å². The molecule has 2 heterocycles. The number of nitrogens with zero attached hydrogens (tertiary/aromatic N) is 3. The van der Waals surface area contributed by atoms with Crippen molar-refractivity contribution < 1.29 is 23.4 Å². The summed E-state index contributed by atoms with van der Waals surface area (Å²) >= 11 is 0. The monoisotopic (exact) mass is 441 g/mol. The third-order valence-corrected chi connectivity index (χ3v) is 6.16. The van der Waals surface area contributed by atoms with E-state index in [9.17, 15) is 18.7 Å². The number of halogens is 2. The van der Waals surface area contributed by atoms with Gasteiger partial charge < -0.3 is 14.7 Å². The summed E-state index contributed by atoms with van der Waals surface area (Å²) in [6, 6.07) is 9.44. The molecular weight excluding hydrogens is 416 g/mol. The van der Waals surface area contributed by atoms with E-state index < -0.39 is 17.9 Å². The van der Waals surface area contributed by atoms with E-state index in [1.165, 1.54) is 5.56 Å². The number of hydrogen-bond acceptors (Lipinski definition) is 5. The molecule has 2 aliphatic rings. The Morgan fingerprint density at radius 1 is 1.16 bits per heavy atom. The molecule has 8 heteroatoms. The van der Waals surface area contributed by atoms with E-state index in [1.807, 2.05) is 12.1 Å². The van der Waals surface area contributed by atoms with Crippen molar-refractivity contribution in [3.63, 3.8) is 0 Å². The van der Waals surface area contributed by atoms with Gasteiger partial charge in [0.2, 0.25) is 5.91 Å². The highest BCUT2D eigenvalue weighted by Gasteiger charge is 2.23. The largest absolute Gasteiger partial charge is 0.364 e. The van der Waals surface area contributed by atoms with Crippen molar-refractivity contribution in [3.05, 3.63) is 69.8 Å². The molecule has 1 N–H and O–H groups in total. The van der Waals surface area contributed by atoms with Gasteiger partial charge in [0.05, 0.1) is 18.6 Å². The van der Waals surface area contributed by atoms with E-state index in [2.05, 4.69) is 11.0 Å². The average Bonchev–Trinajstić information content (AvgIpc) is 2.80. The second-order valence-electron chi connectivity index (χ2n) is 8.19. The normalized spacial score (nSPS) is 18.8. The van der Waals surface area contributed by atoms with Crippen molar-refractivity contribution in [2.45, 2.75) is 25.6 Å². The van der Waals surface area contributed by atoms with Gasteiger partial charge in [0.25, 0.3) is 0 Å². The molecule has 4 rings (SSSR count). The van der Waals surface area contributed by atoms with Gasteiger partial charge in [-0.15, -0.1) is 0 Å². The van der Waals surface area contributed by atoms with E-state index in [1.54, 1.807) is 11.0 Å². The maximum absolute atomic E-state index is 14.1. The summed E-state index contributed by atoms with van der Waals surface area (Å²) in [5.41, 5.74) is 2.77. The standard InChI is InChI=1S/C24H25F2N3O3/c25-21-13-19(15-27)22(26)12-18(21)14-23(30)29-8-6-28(7-9-29)5-3-16-1-2-20-17(11-16)4-10-32-24(20)31/h1-2,11-13,24,31H,3-10,14H2. The fraction of sp³-hybridized carbons (Fsp3) is 0.417. The second kappa shape index (κ2) is 9.74. The minimum atomic E-state index is -0.840. The molecule has 1 saturated heterocycles. The number of hydrogen-bond donors (Lipinski definition) is 1. The molecule has 32 heavy (non-hydrogen) atoms. The van der Waals surface area contributed by atoms with Crippen LogP contribution in [-0.2, 0) is 28.8 Å². The summed E-state index contributed by atoms with van der Waals surface area (Å²) in [4.78, 5) is 16.5. The number of rotatable bonds is 5. The molecule has 0 spiro atoms. The van der Waals surface area contributed by atoms with Gasteiger partial charge in [-0.2, -0.15) is 5.26 Å². The third-order valence-electron chi connectivity index (χ3n) is 6.16. The van der Waals surface area contributed by atoms with E-state index >= 15 is 0 Å².